The number of carbonyl (C=O) groups is 1. The van der Waals surface area contributed by atoms with Gasteiger partial charge in [-0.25, -0.2) is 14.2 Å². The molecule has 8 heteroatoms. The third kappa shape index (κ3) is 2.38. The topological polar surface area (TPSA) is 98.2 Å². The molecule has 1 N–H and O–H groups in total. The number of carboxylic acid groups (broad SMARTS) is 1. The van der Waals surface area contributed by atoms with Crippen LogP contribution in [0.25, 0.3) is 11.2 Å². The molecule has 7 nitrogen and oxygen atoms in total. The average molecular weight is 289 g/mol. The van der Waals surface area contributed by atoms with Crippen LogP contribution >= 0.6 is 0 Å². The molecule has 0 bridgehead atoms. The van der Waals surface area contributed by atoms with Crippen molar-refractivity contribution >= 4 is 17.2 Å². The molecule has 0 fully saturated rings. The first-order valence-electron chi connectivity index (χ1n) is 5.88. The first kappa shape index (κ1) is 13.0. The van der Waals surface area contributed by atoms with E-state index >= 15 is 0 Å². The van der Waals surface area contributed by atoms with Crippen molar-refractivity contribution in [3.05, 3.63) is 58.2 Å². The van der Waals surface area contributed by atoms with Crippen LogP contribution in [0.1, 0.15) is 16.2 Å². The fourth-order valence-corrected chi connectivity index (χ4v) is 1.84. The lowest BCUT2D eigenvalue weighted by Gasteiger charge is -2.04. The van der Waals surface area contributed by atoms with Crippen molar-refractivity contribution in [2.24, 2.45) is 0 Å². The summed E-state index contributed by atoms with van der Waals surface area (Å²) in [4.78, 5) is 30.4. The molecule has 0 saturated heterocycles. The van der Waals surface area contributed by atoms with Crippen LogP contribution in [0, 0.1) is 5.82 Å². The van der Waals surface area contributed by atoms with Crippen LogP contribution in [0.5, 0.6) is 0 Å². The van der Waals surface area contributed by atoms with Gasteiger partial charge in [0.15, 0.2) is 5.52 Å². The maximum atomic E-state index is 12.8. The lowest BCUT2D eigenvalue weighted by molar-refractivity contribution is 0.0656. The molecular formula is C13H8FN3O4. The molecule has 0 aliphatic carbocycles. The Labute approximate surface area is 116 Å². The molecule has 0 radical (unpaired) electrons. The average Bonchev–Trinajstić information content (AvgIpc) is 2.89. The van der Waals surface area contributed by atoms with E-state index in [0.717, 1.165) is 0 Å². The maximum Gasteiger partial charge on any atom is 0.392 e. The molecule has 3 rings (SSSR count). The SMILES string of the molecule is O=C(O)c1nc2c(=O)n(Cc3ccc(F)cc3)cnc2o1. The van der Waals surface area contributed by atoms with Gasteiger partial charge in [-0.05, 0) is 17.7 Å². The van der Waals surface area contributed by atoms with Gasteiger partial charge >= 0.3 is 11.9 Å². The Morgan fingerprint density at radius 1 is 1.33 bits per heavy atom. The minimum absolute atomic E-state index is 0.132. The molecule has 0 atom stereocenters. The van der Waals surface area contributed by atoms with Crippen molar-refractivity contribution in [3.8, 4) is 0 Å². The first-order valence-corrected chi connectivity index (χ1v) is 5.88. The normalized spacial score (nSPS) is 10.9. The summed E-state index contributed by atoms with van der Waals surface area (Å²) >= 11 is 0. The van der Waals surface area contributed by atoms with Crippen molar-refractivity contribution in [1.82, 2.24) is 14.5 Å². The van der Waals surface area contributed by atoms with Gasteiger partial charge < -0.3 is 9.52 Å². The predicted molar refractivity (Wildman–Crippen MR) is 68.5 cm³/mol. The van der Waals surface area contributed by atoms with Gasteiger partial charge in [0.1, 0.15) is 12.1 Å². The van der Waals surface area contributed by atoms with Gasteiger partial charge in [0.05, 0.1) is 6.54 Å². The monoisotopic (exact) mass is 289 g/mol. The van der Waals surface area contributed by atoms with Crippen molar-refractivity contribution in [2.45, 2.75) is 6.54 Å². The second-order valence-corrected chi connectivity index (χ2v) is 4.28. The van der Waals surface area contributed by atoms with Crippen molar-refractivity contribution < 1.29 is 18.7 Å². The summed E-state index contributed by atoms with van der Waals surface area (Å²) in [6.07, 6.45) is 1.23. The van der Waals surface area contributed by atoms with Crippen molar-refractivity contribution in [1.29, 1.82) is 0 Å². The second-order valence-electron chi connectivity index (χ2n) is 4.28. The van der Waals surface area contributed by atoms with E-state index in [9.17, 15) is 14.0 Å². The summed E-state index contributed by atoms with van der Waals surface area (Å²) in [5, 5.41) is 8.78. The molecule has 0 amide bonds. The van der Waals surface area contributed by atoms with Gasteiger partial charge in [-0.15, -0.1) is 0 Å². The van der Waals surface area contributed by atoms with Gasteiger partial charge in [0.2, 0.25) is 0 Å². The van der Waals surface area contributed by atoms with Gasteiger partial charge in [-0.3, -0.25) is 9.36 Å². The molecular weight excluding hydrogens is 281 g/mol. The number of nitrogens with zero attached hydrogens (tertiary/aromatic N) is 3. The number of rotatable bonds is 3. The molecule has 0 aliphatic rings. The van der Waals surface area contributed by atoms with Crippen LogP contribution in [-0.4, -0.2) is 25.6 Å². The quantitative estimate of drug-likeness (QED) is 0.779. The Kier molecular flexibility index (Phi) is 2.98. The molecule has 0 saturated carbocycles. The van der Waals surface area contributed by atoms with E-state index in [0.29, 0.717) is 5.56 Å². The zero-order valence-electron chi connectivity index (χ0n) is 10.5. The maximum absolute atomic E-state index is 12.8. The van der Waals surface area contributed by atoms with Gasteiger partial charge in [0, 0.05) is 0 Å². The molecule has 106 valence electrons. The number of carboxylic acids is 1. The Morgan fingerprint density at radius 2 is 2.05 bits per heavy atom. The Bertz CT molecular complexity index is 883. The lowest BCUT2D eigenvalue weighted by Crippen LogP contribution is -2.21. The minimum Gasteiger partial charge on any atom is -0.474 e. The van der Waals surface area contributed by atoms with E-state index in [2.05, 4.69) is 9.97 Å². The lowest BCUT2D eigenvalue weighted by atomic mass is 10.2. The number of fused-ring (bicyclic) bond motifs is 1. The van der Waals surface area contributed by atoms with Gasteiger partial charge in [0.25, 0.3) is 11.3 Å². The summed E-state index contributed by atoms with van der Waals surface area (Å²) in [5.41, 5.74) is -0.119. The first-order chi connectivity index (χ1) is 10.0. The van der Waals surface area contributed by atoms with E-state index in [1.54, 1.807) is 0 Å². The third-order valence-corrected chi connectivity index (χ3v) is 2.84. The largest absolute Gasteiger partial charge is 0.474 e. The van der Waals surface area contributed by atoms with Crippen molar-refractivity contribution in [3.63, 3.8) is 0 Å². The molecule has 0 unspecified atom stereocenters. The highest BCUT2D eigenvalue weighted by atomic mass is 19.1. The number of hydrogen-bond donors (Lipinski definition) is 1. The van der Waals surface area contributed by atoms with Crippen LogP contribution in [0.3, 0.4) is 0 Å². The molecule has 1 aromatic carbocycles. The molecule has 0 aliphatic heterocycles. The highest BCUT2D eigenvalue weighted by Gasteiger charge is 2.17. The van der Waals surface area contributed by atoms with E-state index in [1.165, 1.54) is 35.2 Å². The Hall–Kier alpha value is -3.03. The van der Waals surface area contributed by atoms with E-state index < -0.39 is 17.4 Å². The molecule has 3 aromatic rings. The Morgan fingerprint density at radius 3 is 2.71 bits per heavy atom. The van der Waals surface area contributed by atoms with Crippen LogP contribution in [-0.2, 0) is 6.54 Å². The number of oxazole rings is 1. The van der Waals surface area contributed by atoms with E-state index in [1.807, 2.05) is 0 Å². The number of benzene rings is 1. The van der Waals surface area contributed by atoms with Gasteiger partial charge in [-0.2, -0.15) is 4.98 Å². The van der Waals surface area contributed by atoms with E-state index in [-0.39, 0.29) is 23.6 Å². The van der Waals surface area contributed by atoms with Crippen LogP contribution in [0.4, 0.5) is 4.39 Å². The molecule has 0 spiro atoms. The number of halogens is 1. The minimum atomic E-state index is -1.38. The number of aromatic nitrogens is 3. The number of hydrogen-bond acceptors (Lipinski definition) is 5. The van der Waals surface area contributed by atoms with E-state index in [4.69, 9.17) is 9.52 Å². The summed E-state index contributed by atoms with van der Waals surface area (Å²) in [7, 11) is 0. The fourth-order valence-electron chi connectivity index (χ4n) is 1.84. The highest BCUT2D eigenvalue weighted by Crippen LogP contribution is 2.09. The fraction of sp³-hybridized carbons (Fsp3) is 0.0769. The summed E-state index contributed by atoms with van der Waals surface area (Å²) in [6, 6.07) is 5.64. The van der Waals surface area contributed by atoms with Crippen LogP contribution in [0.15, 0.2) is 39.8 Å². The summed E-state index contributed by atoms with van der Waals surface area (Å²) in [5.74, 6) is -2.34. The van der Waals surface area contributed by atoms with Crippen LogP contribution in [0.2, 0.25) is 0 Å². The zero-order chi connectivity index (χ0) is 15.0. The molecule has 2 aromatic heterocycles. The molecule has 21 heavy (non-hydrogen) atoms. The standard InChI is InChI=1S/C13H8FN3O4/c14-8-3-1-7(2-4-8)5-17-6-15-10-9(12(17)18)16-11(21-10)13(19)20/h1-4,6H,5H2,(H,19,20). The van der Waals surface area contributed by atoms with Crippen molar-refractivity contribution in [2.75, 3.05) is 0 Å². The summed E-state index contributed by atoms with van der Waals surface area (Å²) in [6.45, 7) is 0.164. The summed E-state index contributed by atoms with van der Waals surface area (Å²) < 4.78 is 18.9. The second kappa shape index (κ2) is 4.82. The Balaban J connectivity index is 2.03. The molecule has 2 heterocycles. The van der Waals surface area contributed by atoms with Crippen LogP contribution < -0.4 is 5.56 Å². The third-order valence-electron chi connectivity index (χ3n) is 2.84. The smallest absolute Gasteiger partial charge is 0.392 e. The zero-order valence-corrected chi connectivity index (χ0v) is 10.5. The number of aromatic carboxylic acids is 1. The predicted octanol–water partition coefficient (Wildman–Crippen LogP) is 1.27. The highest BCUT2D eigenvalue weighted by molar-refractivity contribution is 5.85. The van der Waals surface area contributed by atoms with Gasteiger partial charge in [-0.1, -0.05) is 12.1 Å².